The Balaban J connectivity index is 1.07. The molecule has 0 unspecified atom stereocenters. The van der Waals surface area contributed by atoms with Gasteiger partial charge in [0.05, 0.1) is 11.0 Å². The molecular formula is C58H40N2. The fourth-order valence-corrected chi connectivity index (χ4v) is 8.84. The van der Waals surface area contributed by atoms with Crippen molar-refractivity contribution < 1.29 is 0 Å². The number of anilines is 3. The average molecular weight is 765 g/mol. The third-order valence-corrected chi connectivity index (χ3v) is 11.8. The highest BCUT2D eigenvalue weighted by Crippen LogP contribution is 2.43. The number of rotatable bonds is 8. The third-order valence-electron chi connectivity index (χ3n) is 11.8. The molecule has 0 radical (unpaired) electrons. The van der Waals surface area contributed by atoms with Gasteiger partial charge in [-0.05, 0) is 128 Å². The van der Waals surface area contributed by atoms with Crippen molar-refractivity contribution in [3.63, 3.8) is 0 Å². The molecule has 0 N–H and O–H groups in total. The molecule has 0 atom stereocenters. The molecule has 0 saturated carbocycles. The molecule has 2 nitrogen and oxygen atoms in total. The predicted molar refractivity (Wildman–Crippen MR) is 255 cm³/mol. The highest BCUT2D eigenvalue weighted by atomic mass is 15.1. The van der Waals surface area contributed by atoms with E-state index in [1.807, 2.05) is 0 Å². The molecule has 60 heavy (non-hydrogen) atoms. The van der Waals surface area contributed by atoms with E-state index < -0.39 is 0 Å². The Morgan fingerprint density at radius 1 is 0.283 bits per heavy atom. The Bertz CT molecular complexity index is 3270. The van der Waals surface area contributed by atoms with Crippen molar-refractivity contribution in [2.75, 3.05) is 4.90 Å². The lowest BCUT2D eigenvalue weighted by atomic mass is 9.97. The van der Waals surface area contributed by atoms with E-state index in [1.54, 1.807) is 0 Å². The van der Waals surface area contributed by atoms with Gasteiger partial charge in [-0.15, -0.1) is 0 Å². The highest BCUT2D eigenvalue weighted by Gasteiger charge is 2.19. The number of hydrogen-bond acceptors (Lipinski definition) is 1. The smallest absolute Gasteiger partial charge is 0.0547 e. The zero-order chi connectivity index (χ0) is 39.8. The van der Waals surface area contributed by atoms with Gasteiger partial charge in [0.15, 0.2) is 0 Å². The Morgan fingerprint density at radius 2 is 0.800 bits per heavy atom. The minimum absolute atomic E-state index is 1.09. The second-order valence-electron chi connectivity index (χ2n) is 15.4. The number of para-hydroxylation sites is 1. The van der Waals surface area contributed by atoms with Crippen LogP contribution in [0.3, 0.4) is 0 Å². The van der Waals surface area contributed by atoms with Crippen LogP contribution in [-0.2, 0) is 0 Å². The lowest BCUT2D eigenvalue weighted by molar-refractivity contribution is 1.18. The van der Waals surface area contributed by atoms with Gasteiger partial charge in [-0.2, -0.15) is 0 Å². The van der Waals surface area contributed by atoms with E-state index in [9.17, 15) is 0 Å². The van der Waals surface area contributed by atoms with E-state index >= 15 is 0 Å². The first-order chi connectivity index (χ1) is 29.7. The molecule has 0 saturated heterocycles. The van der Waals surface area contributed by atoms with Crippen LogP contribution in [0.2, 0.25) is 0 Å². The maximum Gasteiger partial charge on any atom is 0.0547 e. The summed E-state index contributed by atoms with van der Waals surface area (Å²) < 4.78 is 2.41. The second-order valence-corrected chi connectivity index (χ2v) is 15.4. The summed E-state index contributed by atoms with van der Waals surface area (Å²) in [4.78, 5) is 2.38. The van der Waals surface area contributed by atoms with Crippen LogP contribution in [0.1, 0.15) is 0 Å². The minimum atomic E-state index is 1.09. The SMILES string of the molecule is c1ccc(-c2ccc(N(c3ccc(-c4ccc5ccccc5c4)cc3)c3cccc(-c4cccc5c4c4cc(-c6ccccc6)ccc4n5-c4ccccc4)c3)cc2)cc1. The molecule has 10 aromatic carbocycles. The van der Waals surface area contributed by atoms with Crippen LogP contribution in [0.25, 0.3) is 82.8 Å². The number of aromatic nitrogens is 1. The molecule has 0 aliphatic heterocycles. The average Bonchev–Trinajstić information content (AvgIpc) is 3.67. The van der Waals surface area contributed by atoms with Crippen LogP contribution in [-0.4, -0.2) is 4.57 Å². The summed E-state index contributed by atoms with van der Waals surface area (Å²) in [6.07, 6.45) is 0. The number of fused-ring (bicyclic) bond motifs is 4. The summed E-state index contributed by atoms with van der Waals surface area (Å²) in [5.74, 6) is 0. The molecule has 282 valence electrons. The van der Waals surface area contributed by atoms with Crippen molar-refractivity contribution in [3.8, 4) is 50.2 Å². The lowest BCUT2D eigenvalue weighted by Gasteiger charge is -2.26. The van der Waals surface area contributed by atoms with E-state index in [4.69, 9.17) is 0 Å². The predicted octanol–water partition coefficient (Wildman–Crippen LogP) is 16.1. The summed E-state index contributed by atoms with van der Waals surface area (Å²) in [5.41, 5.74) is 16.4. The summed E-state index contributed by atoms with van der Waals surface area (Å²) in [6, 6.07) is 87.9. The van der Waals surface area contributed by atoms with Crippen LogP contribution >= 0.6 is 0 Å². The number of benzene rings is 10. The highest BCUT2D eigenvalue weighted by molar-refractivity contribution is 6.16. The van der Waals surface area contributed by atoms with Gasteiger partial charge in [0, 0.05) is 33.5 Å². The molecule has 11 aromatic rings. The van der Waals surface area contributed by atoms with Crippen LogP contribution in [0, 0.1) is 0 Å². The molecular weight excluding hydrogens is 725 g/mol. The van der Waals surface area contributed by atoms with Crippen molar-refractivity contribution in [1.29, 1.82) is 0 Å². The molecule has 2 heteroatoms. The summed E-state index contributed by atoms with van der Waals surface area (Å²) in [5, 5.41) is 4.97. The normalized spacial score (nSPS) is 11.3. The molecule has 0 amide bonds. The molecule has 0 aliphatic carbocycles. The first kappa shape index (κ1) is 35.2. The van der Waals surface area contributed by atoms with Crippen LogP contribution in [0.5, 0.6) is 0 Å². The molecule has 0 bridgehead atoms. The summed E-state index contributed by atoms with van der Waals surface area (Å²) >= 11 is 0. The van der Waals surface area contributed by atoms with E-state index in [2.05, 4.69) is 252 Å². The summed E-state index contributed by atoms with van der Waals surface area (Å²) in [6.45, 7) is 0. The van der Waals surface area contributed by atoms with Crippen molar-refractivity contribution in [3.05, 3.63) is 243 Å². The van der Waals surface area contributed by atoms with Gasteiger partial charge >= 0.3 is 0 Å². The van der Waals surface area contributed by atoms with E-state index in [0.29, 0.717) is 0 Å². The van der Waals surface area contributed by atoms with Gasteiger partial charge in [0.25, 0.3) is 0 Å². The fraction of sp³-hybridized carbons (Fsp3) is 0. The van der Waals surface area contributed by atoms with Gasteiger partial charge in [-0.25, -0.2) is 0 Å². The minimum Gasteiger partial charge on any atom is -0.310 e. The Hall–Kier alpha value is -7.94. The zero-order valence-corrected chi connectivity index (χ0v) is 33.0. The molecule has 1 heterocycles. The van der Waals surface area contributed by atoms with Crippen molar-refractivity contribution in [2.45, 2.75) is 0 Å². The topological polar surface area (TPSA) is 8.17 Å². The standard InChI is InChI=1S/C58H40N2/c1-4-14-41(15-5-1)44-28-33-51(34-29-44)59(52-35-30-45(31-36-52)47-27-26-43-18-10-11-19-46(43)38-47)53-23-12-20-49(39-53)54-24-13-25-57-58(54)55-40-48(42-16-6-2-7-17-42)32-37-56(55)60(57)50-21-8-3-9-22-50/h1-40H. The van der Waals surface area contributed by atoms with Gasteiger partial charge in [-0.1, -0.05) is 170 Å². The zero-order valence-electron chi connectivity index (χ0n) is 33.0. The van der Waals surface area contributed by atoms with Gasteiger partial charge in [-0.3, -0.25) is 0 Å². The first-order valence-electron chi connectivity index (χ1n) is 20.6. The lowest BCUT2D eigenvalue weighted by Crippen LogP contribution is -2.10. The maximum absolute atomic E-state index is 2.41. The van der Waals surface area contributed by atoms with E-state index in [0.717, 1.165) is 28.3 Å². The van der Waals surface area contributed by atoms with Crippen LogP contribution in [0.15, 0.2) is 243 Å². The Kier molecular flexibility index (Phi) is 8.87. The van der Waals surface area contributed by atoms with Crippen molar-refractivity contribution >= 4 is 49.6 Å². The van der Waals surface area contributed by atoms with E-state index in [-0.39, 0.29) is 0 Å². The maximum atomic E-state index is 2.41. The van der Waals surface area contributed by atoms with Gasteiger partial charge < -0.3 is 9.47 Å². The molecule has 0 spiro atoms. The monoisotopic (exact) mass is 764 g/mol. The van der Waals surface area contributed by atoms with E-state index in [1.165, 1.54) is 71.5 Å². The fourth-order valence-electron chi connectivity index (χ4n) is 8.84. The quantitative estimate of drug-likeness (QED) is 0.150. The molecule has 0 aliphatic rings. The summed E-state index contributed by atoms with van der Waals surface area (Å²) in [7, 11) is 0. The van der Waals surface area contributed by atoms with Crippen LogP contribution in [0.4, 0.5) is 17.1 Å². The van der Waals surface area contributed by atoms with Crippen molar-refractivity contribution in [1.82, 2.24) is 4.57 Å². The van der Waals surface area contributed by atoms with Crippen molar-refractivity contribution in [2.24, 2.45) is 0 Å². The molecule has 1 aromatic heterocycles. The van der Waals surface area contributed by atoms with Crippen LogP contribution < -0.4 is 4.90 Å². The third kappa shape index (κ3) is 6.41. The van der Waals surface area contributed by atoms with Gasteiger partial charge in [0.2, 0.25) is 0 Å². The molecule has 0 fully saturated rings. The van der Waals surface area contributed by atoms with Gasteiger partial charge in [0.1, 0.15) is 0 Å². The first-order valence-corrected chi connectivity index (χ1v) is 20.6. The largest absolute Gasteiger partial charge is 0.310 e. The second kappa shape index (κ2) is 15.1. The number of nitrogens with zero attached hydrogens (tertiary/aromatic N) is 2. The Labute approximate surface area is 350 Å². The number of hydrogen-bond donors (Lipinski definition) is 0. The molecule has 11 rings (SSSR count). The Morgan fingerprint density at radius 3 is 1.50 bits per heavy atom.